The number of unbranched alkanes of at least 4 members (excludes halogenated alkanes) is 4. The molecule has 0 atom stereocenters. The van der Waals surface area contributed by atoms with E-state index in [1.165, 1.54) is 93.7 Å². The Balaban J connectivity index is 1.42. The molecule has 0 aromatic heterocycles. The largest absolute Gasteiger partial charge is 0.348 e. The maximum absolute atomic E-state index is 6.23. The first kappa shape index (κ1) is 22.8. The second kappa shape index (κ2) is 12.1. The standard InChI is InChI=1S/C27H44O2/c1-4-6-8-10-22-12-15-24(16-13-22)25-19-28-27(29-20-25)26-17-14-23(18-21(26)3)11-9-7-5-2/h14,17-18,22,24-25,27H,4-13,15-16,19-20H2,1-3H3/t22-,24-,25?,27?. The van der Waals surface area contributed by atoms with Crippen LogP contribution in [0.1, 0.15) is 107 Å². The summed E-state index contributed by atoms with van der Waals surface area (Å²) in [6.07, 6.45) is 16.1. The summed E-state index contributed by atoms with van der Waals surface area (Å²) >= 11 is 0. The van der Waals surface area contributed by atoms with Crippen LogP contribution < -0.4 is 0 Å². The maximum Gasteiger partial charge on any atom is 0.184 e. The van der Waals surface area contributed by atoms with Gasteiger partial charge in [-0.3, -0.25) is 0 Å². The molecule has 1 saturated heterocycles. The van der Waals surface area contributed by atoms with Gasteiger partial charge in [-0.2, -0.15) is 0 Å². The number of ether oxygens (including phenoxy) is 2. The third-order valence-corrected chi connectivity index (χ3v) is 7.35. The maximum atomic E-state index is 6.23. The zero-order valence-corrected chi connectivity index (χ0v) is 19.3. The molecule has 1 saturated carbocycles. The molecule has 2 heteroatoms. The molecule has 0 spiro atoms. The van der Waals surface area contributed by atoms with Gasteiger partial charge < -0.3 is 9.47 Å². The Kier molecular flexibility index (Phi) is 9.52. The summed E-state index contributed by atoms with van der Waals surface area (Å²) in [5.74, 6) is 2.38. The van der Waals surface area contributed by atoms with Crippen LogP contribution in [0.2, 0.25) is 0 Å². The SMILES string of the molecule is CCCCCc1ccc(C2OCC([C@H]3CC[C@H](CCCCC)CC3)CO2)c(C)c1. The summed E-state index contributed by atoms with van der Waals surface area (Å²) in [5, 5.41) is 0. The Morgan fingerprint density at radius 2 is 1.52 bits per heavy atom. The molecule has 3 rings (SSSR count). The van der Waals surface area contributed by atoms with E-state index in [9.17, 15) is 0 Å². The van der Waals surface area contributed by atoms with Crippen molar-refractivity contribution in [2.24, 2.45) is 17.8 Å². The van der Waals surface area contributed by atoms with E-state index in [1.807, 2.05) is 0 Å². The molecule has 1 aromatic carbocycles. The molecular weight excluding hydrogens is 356 g/mol. The summed E-state index contributed by atoms with van der Waals surface area (Å²) in [6, 6.07) is 6.85. The molecule has 0 bridgehead atoms. The van der Waals surface area contributed by atoms with Crippen LogP contribution in [0.5, 0.6) is 0 Å². The Morgan fingerprint density at radius 1 is 0.828 bits per heavy atom. The fourth-order valence-corrected chi connectivity index (χ4v) is 5.34. The fraction of sp³-hybridized carbons (Fsp3) is 0.778. The van der Waals surface area contributed by atoms with E-state index in [1.54, 1.807) is 0 Å². The Hall–Kier alpha value is -0.860. The van der Waals surface area contributed by atoms with Gasteiger partial charge in [0.25, 0.3) is 0 Å². The van der Waals surface area contributed by atoms with Crippen molar-refractivity contribution in [1.82, 2.24) is 0 Å². The van der Waals surface area contributed by atoms with Gasteiger partial charge in [-0.15, -0.1) is 0 Å². The summed E-state index contributed by atoms with van der Waals surface area (Å²) < 4.78 is 12.5. The summed E-state index contributed by atoms with van der Waals surface area (Å²) in [7, 11) is 0. The van der Waals surface area contributed by atoms with Gasteiger partial charge in [0.2, 0.25) is 0 Å². The molecule has 29 heavy (non-hydrogen) atoms. The van der Waals surface area contributed by atoms with Crippen molar-refractivity contribution < 1.29 is 9.47 Å². The molecule has 2 fully saturated rings. The van der Waals surface area contributed by atoms with Gasteiger partial charge in [0, 0.05) is 11.5 Å². The summed E-state index contributed by atoms with van der Waals surface area (Å²) in [5.41, 5.74) is 3.99. The Bertz CT molecular complexity index is 580. The van der Waals surface area contributed by atoms with Crippen LogP contribution in [0.25, 0.3) is 0 Å². The highest BCUT2D eigenvalue weighted by atomic mass is 16.7. The van der Waals surface area contributed by atoms with Gasteiger partial charge in [-0.25, -0.2) is 0 Å². The lowest BCUT2D eigenvalue weighted by atomic mass is 9.74. The first-order valence-corrected chi connectivity index (χ1v) is 12.5. The van der Waals surface area contributed by atoms with Gasteiger partial charge in [-0.05, 0) is 55.6 Å². The quantitative estimate of drug-likeness (QED) is 0.373. The van der Waals surface area contributed by atoms with E-state index in [-0.39, 0.29) is 6.29 Å². The van der Waals surface area contributed by atoms with Crippen molar-refractivity contribution in [2.75, 3.05) is 13.2 Å². The Labute approximate surface area is 179 Å². The molecule has 0 N–H and O–H groups in total. The number of hydrogen-bond acceptors (Lipinski definition) is 2. The molecule has 0 amide bonds. The van der Waals surface area contributed by atoms with Gasteiger partial charge in [0.1, 0.15) is 0 Å². The van der Waals surface area contributed by atoms with Crippen LogP contribution in [0.15, 0.2) is 18.2 Å². The van der Waals surface area contributed by atoms with Crippen molar-refractivity contribution >= 4 is 0 Å². The molecule has 0 unspecified atom stereocenters. The second-order valence-electron chi connectivity index (χ2n) is 9.68. The van der Waals surface area contributed by atoms with E-state index >= 15 is 0 Å². The van der Waals surface area contributed by atoms with E-state index in [0.29, 0.717) is 5.92 Å². The molecule has 2 nitrogen and oxygen atoms in total. The molecular formula is C27H44O2. The van der Waals surface area contributed by atoms with E-state index < -0.39 is 0 Å². The van der Waals surface area contributed by atoms with Crippen LogP contribution in [-0.4, -0.2) is 13.2 Å². The zero-order valence-electron chi connectivity index (χ0n) is 19.3. The lowest BCUT2D eigenvalue weighted by Crippen LogP contribution is -2.34. The predicted molar refractivity (Wildman–Crippen MR) is 122 cm³/mol. The molecule has 1 aliphatic heterocycles. The molecule has 1 aliphatic carbocycles. The van der Waals surface area contributed by atoms with Crippen LogP contribution in [0.4, 0.5) is 0 Å². The normalized spacial score (nSPS) is 27.8. The van der Waals surface area contributed by atoms with E-state index in [2.05, 4.69) is 39.0 Å². The average molecular weight is 401 g/mol. The predicted octanol–water partition coefficient (Wildman–Crippen LogP) is 7.78. The monoisotopic (exact) mass is 400 g/mol. The highest BCUT2D eigenvalue weighted by molar-refractivity contribution is 5.32. The first-order chi connectivity index (χ1) is 14.2. The minimum absolute atomic E-state index is 0.165. The topological polar surface area (TPSA) is 18.5 Å². The second-order valence-corrected chi connectivity index (χ2v) is 9.68. The lowest BCUT2D eigenvalue weighted by Gasteiger charge is -2.38. The van der Waals surface area contributed by atoms with Crippen LogP contribution >= 0.6 is 0 Å². The number of aryl methyl sites for hydroxylation is 2. The first-order valence-electron chi connectivity index (χ1n) is 12.5. The van der Waals surface area contributed by atoms with Crippen molar-refractivity contribution in [1.29, 1.82) is 0 Å². The van der Waals surface area contributed by atoms with Crippen molar-refractivity contribution in [3.05, 3.63) is 34.9 Å². The van der Waals surface area contributed by atoms with Crippen molar-refractivity contribution in [2.45, 2.75) is 104 Å². The zero-order chi connectivity index (χ0) is 20.5. The molecule has 164 valence electrons. The van der Waals surface area contributed by atoms with Gasteiger partial charge in [-0.1, -0.05) is 83.4 Å². The van der Waals surface area contributed by atoms with Gasteiger partial charge in [0.15, 0.2) is 6.29 Å². The Morgan fingerprint density at radius 3 is 2.17 bits per heavy atom. The van der Waals surface area contributed by atoms with Crippen LogP contribution in [0.3, 0.4) is 0 Å². The molecule has 2 aliphatic rings. The van der Waals surface area contributed by atoms with Crippen molar-refractivity contribution in [3.63, 3.8) is 0 Å². The third-order valence-electron chi connectivity index (χ3n) is 7.35. The summed E-state index contributed by atoms with van der Waals surface area (Å²) in [6.45, 7) is 8.51. The summed E-state index contributed by atoms with van der Waals surface area (Å²) in [4.78, 5) is 0. The molecule has 1 heterocycles. The number of rotatable bonds is 10. The fourth-order valence-electron chi connectivity index (χ4n) is 5.34. The van der Waals surface area contributed by atoms with E-state index in [4.69, 9.17) is 9.47 Å². The van der Waals surface area contributed by atoms with Crippen LogP contribution in [0, 0.1) is 24.7 Å². The number of hydrogen-bond donors (Lipinski definition) is 0. The van der Waals surface area contributed by atoms with Crippen molar-refractivity contribution in [3.8, 4) is 0 Å². The number of benzene rings is 1. The molecule has 0 radical (unpaired) electrons. The molecule has 1 aromatic rings. The minimum atomic E-state index is -0.165. The third kappa shape index (κ3) is 6.82. The van der Waals surface area contributed by atoms with Gasteiger partial charge >= 0.3 is 0 Å². The average Bonchev–Trinajstić information content (AvgIpc) is 2.75. The van der Waals surface area contributed by atoms with E-state index in [0.717, 1.165) is 25.0 Å². The highest BCUT2D eigenvalue weighted by Crippen LogP contribution is 2.39. The highest BCUT2D eigenvalue weighted by Gasteiger charge is 2.32. The smallest absolute Gasteiger partial charge is 0.184 e. The lowest BCUT2D eigenvalue weighted by molar-refractivity contribution is -0.215. The minimum Gasteiger partial charge on any atom is -0.348 e. The van der Waals surface area contributed by atoms with Crippen LogP contribution in [-0.2, 0) is 15.9 Å². The van der Waals surface area contributed by atoms with Gasteiger partial charge in [0.05, 0.1) is 13.2 Å².